The molecule has 6 heteroatoms. The predicted molar refractivity (Wildman–Crippen MR) is 89.7 cm³/mol. The Kier molecular flexibility index (Phi) is 6.50. The molecule has 0 radical (unpaired) electrons. The molecule has 0 aliphatic rings. The number of aromatic nitrogens is 1. The molecule has 1 unspecified atom stereocenters. The molecule has 124 valence electrons. The van der Waals surface area contributed by atoms with Gasteiger partial charge >= 0.3 is 5.97 Å². The van der Waals surface area contributed by atoms with Crippen molar-refractivity contribution in [2.75, 3.05) is 13.2 Å². The Hall–Kier alpha value is -1.98. The Morgan fingerprint density at radius 3 is 2.74 bits per heavy atom. The largest absolute Gasteiger partial charge is 0.492 e. The van der Waals surface area contributed by atoms with Crippen LogP contribution in [0.1, 0.15) is 12.6 Å². The van der Waals surface area contributed by atoms with Crippen molar-refractivity contribution < 1.29 is 14.3 Å². The van der Waals surface area contributed by atoms with E-state index in [1.54, 1.807) is 19.1 Å². The minimum atomic E-state index is -0.652. The number of halogens is 1. The fraction of sp³-hybridized carbons (Fsp3) is 0.353. The van der Waals surface area contributed by atoms with E-state index in [-0.39, 0.29) is 5.97 Å². The van der Waals surface area contributed by atoms with E-state index < -0.39 is 6.04 Å². The lowest BCUT2D eigenvalue weighted by Gasteiger charge is -2.14. The van der Waals surface area contributed by atoms with E-state index >= 15 is 0 Å². The van der Waals surface area contributed by atoms with Crippen LogP contribution in [0.5, 0.6) is 5.75 Å². The molecule has 2 rings (SSSR count). The van der Waals surface area contributed by atoms with Crippen LogP contribution in [0, 0.1) is 0 Å². The van der Waals surface area contributed by atoms with Gasteiger partial charge in [0.15, 0.2) is 0 Å². The second-order valence-electron chi connectivity index (χ2n) is 5.06. The quantitative estimate of drug-likeness (QED) is 0.753. The van der Waals surface area contributed by atoms with Gasteiger partial charge in [0.25, 0.3) is 0 Å². The lowest BCUT2D eigenvalue weighted by Crippen LogP contribution is -2.35. The summed E-state index contributed by atoms with van der Waals surface area (Å²) in [5, 5.41) is 0.679. The normalized spacial score (nSPS) is 12.0. The smallest absolute Gasteiger partial charge is 0.323 e. The van der Waals surface area contributed by atoms with E-state index in [2.05, 4.69) is 0 Å². The highest BCUT2D eigenvalue weighted by molar-refractivity contribution is 6.30. The van der Waals surface area contributed by atoms with Gasteiger partial charge in [0.1, 0.15) is 18.4 Å². The first kappa shape index (κ1) is 17.4. The molecule has 2 aromatic rings. The minimum absolute atomic E-state index is 0.336. The SMILES string of the molecule is CCOC(=O)C(N)Cc1cccn1CCOc1ccc(Cl)cc1. The Morgan fingerprint density at radius 2 is 2.04 bits per heavy atom. The maximum Gasteiger partial charge on any atom is 0.323 e. The van der Waals surface area contributed by atoms with Gasteiger partial charge in [-0.15, -0.1) is 0 Å². The second-order valence-corrected chi connectivity index (χ2v) is 5.49. The van der Waals surface area contributed by atoms with Crippen molar-refractivity contribution in [1.82, 2.24) is 4.57 Å². The molecule has 1 aromatic carbocycles. The Morgan fingerprint density at radius 1 is 1.30 bits per heavy atom. The van der Waals surface area contributed by atoms with E-state index in [0.29, 0.717) is 31.2 Å². The van der Waals surface area contributed by atoms with Crippen molar-refractivity contribution in [3.63, 3.8) is 0 Å². The van der Waals surface area contributed by atoms with Crippen molar-refractivity contribution >= 4 is 17.6 Å². The molecule has 23 heavy (non-hydrogen) atoms. The highest BCUT2D eigenvalue weighted by atomic mass is 35.5. The van der Waals surface area contributed by atoms with Crippen LogP contribution in [0.2, 0.25) is 5.02 Å². The number of esters is 1. The molecule has 0 amide bonds. The fourth-order valence-electron chi connectivity index (χ4n) is 2.20. The van der Waals surface area contributed by atoms with E-state index in [4.69, 9.17) is 26.8 Å². The molecule has 0 aliphatic heterocycles. The molecule has 0 saturated carbocycles. The Labute approximate surface area is 140 Å². The molecule has 5 nitrogen and oxygen atoms in total. The Bertz CT molecular complexity index is 625. The molecule has 0 spiro atoms. The molecule has 0 aliphatic carbocycles. The first-order valence-electron chi connectivity index (χ1n) is 7.54. The maximum atomic E-state index is 11.6. The lowest BCUT2D eigenvalue weighted by atomic mass is 10.1. The zero-order chi connectivity index (χ0) is 16.7. The maximum absolute atomic E-state index is 11.6. The summed E-state index contributed by atoms with van der Waals surface area (Å²) >= 11 is 5.83. The molecular weight excluding hydrogens is 316 g/mol. The number of hydrogen-bond acceptors (Lipinski definition) is 4. The highest BCUT2D eigenvalue weighted by Gasteiger charge is 2.16. The monoisotopic (exact) mass is 336 g/mol. The average molecular weight is 337 g/mol. The van der Waals surface area contributed by atoms with Crippen molar-refractivity contribution in [1.29, 1.82) is 0 Å². The van der Waals surface area contributed by atoms with Gasteiger partial charge in [-0.3, -0.25) is 4.79 Å². The van der Waals surface area contributed by atoms with Crippen LogP contribution in [0.25, 0.3) is 0 Å². The van der Waals surface area contributed by atoms with Crippen LogP contribution in [0.4, 0.5) is 0 Å². The third-order valence-electron chi connectivity index (χ3n) is 3.36. The summed E-state index contributed by atoms with van der Waals surface area (Å²) in [6, 6.07) is 10.5. The highest BCUT2D eigenvalue weighted by Crippen LogP contribution is 2.15. The summed E-state index contributed by atoms with van der Waals surface area (Å²) in [5.74, 6) is 0.393. The van der Waals surface area contributed by atoms with Gasteiger partial charge in [-0.05, 0) is 43.3 Å². The molecule has 1 atom stereocenters. The van der Waals surface area contributed by atoms with Crippen molar-refractivity contribution in [3.8, 4) is 5.75 Å². The number of hydrogen-bond donors (Lipinski definition) is 1. The minimum Gasteiger partial charge on any atom is -0.492 e. The van der Waals surface area contributed by atoms with Gasteiger partial charge in [-0.1, -0.05) is 11.6 Å². The number of nitrogens with zero attached hydrogens (tertiary/aromatic N) is 1. The van der Waals surface area contributed by atoms with Crippen molar-refractivity contribution in [3.05, 3.63) is 53.3 Å². The summed E-state index contributed by atoms with van der Waals surface area (Å²) in [7, 11) is 0. The molecule has 1 aromatic heterocycles. The number of nitrogens with two attached hydrogens (primary N) is 1. The van der Waals surface area contributed by atoms with Gasteiger partial charge in [-0.25, -0.2) is 0 Å². The average Bonchev–Trinajstić information content (AvgIpc) is 2.97. The summed E-state index contributed by atoms with van der Waals surface area (Å²) in [5.41, 5.74) is 6.84. The molecule has 1 heterocycles. The van der Waals surface area contributed by atoms with Crippen LogP contribution in [-0.2, 0) is 22.5 Å². The predicted octanol–water partition coefficient (Wildman–Crippen LogP) is 2.65. The van der Waals surface area contributed by atoms with Gasteiger partial charge in [-0.2, -0.15) is 0 Å². The van der Waals surface area contributed by atoms with Crippen molar-refractivity contribution in [2.24, 2.45) is 5.73 Å². The summed E-state index contributed by atoms with van der Waals surface area (Å²) in [4.78, 5) is 11.6. The number of ether oxygens (including phenoxy) is 2. The summed E-state index contributed by atoms with van der Waals surface area (Å²) in [6.45, 7) is 3.28. The first-order valence-corrected chi connectivity index (χ1v) is 7.92. The third kappa shape index (κ3) is 5.30. The Balaban J connectivity index is 1.85. The second kappa shape index (κ2) is 8.60. The van der Waals surface area contributed by atoms with Crippen LogP contribution >= 0.6 is 11.6 Å². The number of carbonyl (C=O) groups excluding carboxylic acids is 1. The topological polar surface area (TPSA) is 66.5 Å². The summed E-state index contributed by atoms with van der Waals surface area (Å²) < 4.78 is 12.6. The van der Waals surface area contributed by atoms with Crippen LogP contribution in [-0.4, -0.2) is 29.8 Å². The van der Waals surface area contributed by atoms with Gasteiger partial charge in [0.05, 0.1) is 13.2 Å². The number of rotatable bonds is 8. The van der Waals surface area contributed by atoms with Crippen LogP contribution < -0.4 is 10.5 Å². The molecule has 0 bridgehead atoms. The first-order chi connectivity index (χ1) is 11.1. The standard InChI is InChI=1S/C17H21ClN2O3/c1-2-22-17(21)16(19)12-14-4-3-9-20(14)10-11-23-15-7-5-13(18)6-8-15/h3-9,16H,2,10-12,19H2,1H3. The van der Waals surface area contributed by atoms with Crippen LogP contribution in [0.15, 0.2) is 42.6 Å². The zero-order valence-corrected chi connectivity index (χ0v) is 13.8. The molecule has 2 N–H and O–H groups in total. The number of benzene rings is 1. The van der Waals surface area contributed by atoms with E-state index in [1.165, 1.54) is 0 Å². The van der Waals surface area contributed by atoms with E-state index in [0.717, 1.165) is 11.4 Å². The zero-order valence-electron chi connectivity index (χ0n) is 13.1. The van der Waals surface area contributed by atoms with Gasteiger partial charge in [0.2, 0.25) is 0 Å². The lowest BCUT2D eigenvalue weighted by molar-refractivity contribution is -0.144. The molecular formula is C17H21ClN2O3. The van der Waals surface area contributed by atoms with Crippen LogP contribution in [0.3, 0.4) is 0 Å². The summed E-state index contributed by atoms with van der Waals surface area (Å²) in [6.07, 6.45) is 2.38. The molecule has 0 fully saturated rings. The van der Waals surface area contributed by atoms with E-state index in [9.17, 15) is 4.79 Å². The van der Waals surface area contributed by atoms with E-state index in [1.807, 2.05) is 35.0 Å². The fourth-order valence-corrected chi connectivity index (χ4v) is 2.33. The van der Waals surface area contributed by atoms with Gasteiger partial charge < -0.3 is 19.8 Å². The number of carbonyl (C=O) groups is 1. The molecule has 0 saturated heterocycles. The third-order valence-corrected chi connectivity index (χ3v) is 3.61. The van der Waals surface area contributed by atoms with Crippen molar-refractivity contribution in [2.45, 2.75) is 25.9 Å². The van der Waals surface area contributed by atoms with Gasteiger partial charge in [0, 0.05) is 23.3 Å².